The van der Waals surface area contributed by atoms with E-state index in [0.717, 1.165) is 38.6 Å². The van der Waals surface area contributed by atoms with Gasteiger partial charge in [-0.2, -0.15) is 0 Å². The summed E-state index contributed by atoms with van der Waals surface area (Å²) in [5.41, 5.74) is 0. The predicted octanol–water partition coefficient (Wildman–Crippen LogP) is 8.12. The normalized spacial score (nSPS) is 13.2. The summed E-state index contributed by atoms with van der Waals surface area (Å²) in [5, 5.41) is 14.9. The minimum Gasteiger partial charge on any atom is -0.489 e. The second-order valence-corrected chi connectivity index (χ2v) is 10.3. The van der Waals surface area contributed by atoms with Gasteiger partial charge in [0.2, 0.25) is 0 Å². The SMILES string of the molecule is CCCC(CC)CCOCC(O)COc1c2ccccc2cc2ccc(Sc3ccccc3)cc12. The third-order valence-corrected chi connectivity index (χ3v) is 7.44. The second-order valence-electron chi connectivity index (χ2n) is 9.12. The van der Waals surface area contributed by atoms with Crippen LogP contribution in [-0.2, 0) is 4.74 Å². The molecule has 0 aliphatic heterocycles. The molecule has 0 bridgehead atoms. The Hall–Kier alpha value is -2.53. The molecule has 4 rings (SSSR count). The maximum atomic E-state index is 10.6. The molecule has 0 spiro atoms. The second kappa shape index (κ2) is 13.0. The highest BCUT2D eigenvalue weighted by Gasteiger charge is 2.13. The van der Waals surface area contributed by atoms with Crippen molar-refractivity contribution in [3.8, 4) is 5.75 Å². The van der Waals surface area contributed by atoms with Crippen molar-refractivity contribution in [2.75, 3.05) is 19.8 Å². The first-order valence-corrected chi connectivity index (χ1v) is 13.6. The van der Waals surface area contributed by atoms with Crippen LogP contribution in [0.15, 0.2) is 88.7 Å². The summed E-state index contributed by atoms with van der Waals surface area (Å²) < 4.78 is 12.1. The topological polar surface area (TPSA) is 38.7 Å². The average molecular weight is 489 g/mol. The van der Waals surface area contributed by atoms with Crippen LogP contribution in [0.4, 0.5) is 0 Å². The highest BCUT2D eigenvalue weighted by Crippen LogP contribution is 2.38. The number of ether oxygens (including phenoxy) is 2. The zero-order valence-electron chi connectivity index (χ0n) is 20.8. The van der Waals surface area contributed by atoms with E-state index in [1.54, 1.807) is 11.8 Å². The van der Waals surface area contributed by atoms with Gasteiger partial charge >= 0.3 is 0 Å². The van der Waals surface area contributed by atoms with Gasteiger partial charge in [-0.1, -0.05) is 93.4 Å². The summed E-state index contributed by atoms with van der Waals surface area (Å²) in [7, 11) is 0. The highest BCUT2D eigenvalue weighted by atomic mass is 32.2. The van der Waals surface area contributed by atoms with Gasteiger partial charge in [0, 0.05) is 27.2 Å². The summed E-state index contributed by atoms with van der Waals surface area (Å²) in [4.78, 5) is 2.36. The molecule has 0 aromatic heterocycles. The lowest BCUT2D eigenvalue weighted by atomic mass is 9.98. The molecule has 1 N–H and O–H groups in total. The van der Waals surface area contributed by atoms with Crippen molar-refractivity contribution in [1.82, 2.24) is 0 Å². The number of benzene rings is 4. The monoisotopic (exact) mass is 488 g/mol. The average Bonchev–Trinajstić information content (AvgIpc) is 2.89. The summed E-state index contributed by atoms with van der Waals surface area (Å²) in [5.74, 6) is 1.53. The van der Waals surface area contributed by atoms with Gasteiger partial charge in [0.25, 0.3) is 0 Å². The van der Waals surface area contributed by atoms with Crippen LogP contribution in [-0.4, -0.2) is 31.0 Å². The van der Waals surface area contributed by atoms with Crippen LogP contribution in [0.25, 0.3) is 21.5 Å². The van der Waals surface area contributed by atoms with Crippen molar-refractivity contribution in [2.24, 2.45) is 5.92 Å². The number of hydrogen-bond acceptors (Lipinski definition) is 4. The van der Waals surface area contributed by atoms with Gasteiger partial charge in [-0.25, -0.2) is 0 Å². The van der Waals surface area contributed by atoms with Gasteiger partial charge in [0.15, 0.2) is 0 Å². The molecule has 2 unspecified atom stereocenters. The minimum absolute atomic E-state index is 0.200. The number of rotatable bonds is 13. The van der Waals surface area contributed by atoms with E-state index in [2.05, 4.69) is 74.5 Å². The van der Waals surface area contributed by atoms with Gasteiger partial charge in [0.05, 0.1) is 6.61 Å². The Morgan fingerprint density at radius 2 is 1.54 bits per heavy atom. The maximum Gasteiger partial charge on any atom is 0.135 e. The number of aliphatic hydroxyl groups excluding tert-OH is 1. The van der Waals surface area contributed by atoms with Crippen molar-refractivity contribution in [2.45, 2.75) is 55.4 Å². The van der Waals surface area contributed by atoms with Crippen molar-refractivity contribution in [3.05, 3.63) is 78.9 Å². The van der Waals surface area contributed by atoms with Crippen molar-refractivity contribution < 1.29 is 14.6 Å². The van der Waals surface area contributed by atoms with Crippen LogP contribution in [0.5, 0.6) is 5.75 Å². The number of aliphatic hydroxyl groups is 1. The van der Waals surface area contributed by atoms with E-state index in [4.69, 9.17) is 9.47 Å². The van der Waals surface area contributed by atoms with Crippen LogP contribution < -0.4 is 4.74 Å². The van der Waals surface area contributed by atoms with E-state index < -0.39 is 6.10 Å². The molecule has 35 heavy (non-hydrogen) atoms. The molecule has 0 aliphatic carbocycles. The van der Waals surface area contributed by atoms with Crippen molar-refractivity contribution in [3.63, 3.8) is 0 Å². The molecular weight excluding hydrogens is 452 g/mol. The third kappa shape index (κ3) is 7.00. The summed E-state index contributed by atoms with van der Waals surface area (Å²) in [6.45, 7) is 5.64. The molecular formula is C31H36O3S. The highest BCUT2D eigenvalue weighted by molar-refractivity contribution is 7.99. The molecule has 0 heterocycles. The lowest BCUT2D eigenvalue weighted by Crippen LogP contribution is -2.24. The molecule has 184 valence electrons. The minimum atomic E-state index is -0.669. The van der Waals surface area contributed by atoms with Crippen LogP contribution in [0.3, 0.4) is 0 Å². The molecule has 2 atom stereocenters. The first-order valence-electron chi connectivity index (χ1n) is 12.7. The Morgan fingerprint density at radius 1 is 0.771 bits per heavy atom. The Kier molecular flexibility index (Phi) is 9.47. The quantitative estimate of drug-likeness (QED) is 0.152. The third-order valence-electron chi connectivity index (χ3n) is 6.44. The first-order chi connectivity index (χ1) is 17.2. The molecule has 4 aromatic rings. The van der Waals surface area contributed by atoms with E-state index in [-0.39, 0.29) is 6.61 Å². The molecule has 4 aromatic carbocycles. The molecule has 0 amide bonds. The Labute approximate surface area is 213 Å². The molecule has 0 saturated heterocycles. The molecule has 0 fully saturated rings. The summed E-state index contributed by atoms with van der Waals surface area (Å²) >= 11 is 1.74. The smallest absolute Gasteiger partial charge is 0.135 e. The molecule has 0 radical (unpaired) electrons. The Balaban J connectivity index is 1.48. The fourth-order valence-electron chi connectivity index (χ4n) is 4.50. The van der Waals surface area contributed by atoms with E-state index in [1.165, 1.54) is 24.2 Å². The van der Waals surface area contributed by atoms with E-state index >= 15 is 0 Å². The van der Waals surface area contributed by atoms with Crippen LogP contribution in [0.1, 0.15) is 39.5 Å². The van der Waals surface area contributed by atoms with E-state index in [0.29, 0.717) is 19.1 Å². The maximum absolute atomic E-state index is 10.6. The lowest BCUT2D eigenvalue weighted by molar-refractivity contribution is 0.00841. The van der Waals surface area contributed by atoms with Gasteiger partial charge in [0.1, 0.15) is 18.5 Å². The van der Waals surface area contributed by atoms with Crippen molar-refractivity contribution in [1.29, 1.82) is 0 Å². The largest absolute Gasteiger partial charge is 0.489 e. The van der Waals surface area contributed by atoms with Crippen LogP contribution in [0.2, 0.25) is 0 Å². The van der Waals surface area contributed by atoms with Gasteiger partial charge in [-0.05, 0) is 53.4 Å². The standard InChI is InChI=1S/C31H36O3S/c1-3-10-23(4-2)17-18-33-21-26(32)22-34-31-29-14-9-8-11-24(29)19-25-15-16-28(20-30(25)31)35-27-12-6-5-7-13-27/h5-9,11-16,19-20,23,26,32H,3-4,10,17-18,21-22H2,1-2H3. The molecule has 0 aliphatic rings. The number of hydrogen-bond donors (Lipinski definition) is 1. The van der Waals surface area contributed by atoms with Gasteiger partial charge < -0.3 is 14.6 Å². The predicted molar refractivity (Wildman–Crippen MR) is 148 cm³/mol. The summed E-state index contributed by atoms with van der Waals surface area (Å²) in [6, 6.07) is 27.4. The molecule has 4 heteroatoms. The van der Waals surface area contributed by atoms with E-state index in [9.17, 15) is 5.11 Å². The zero-order chi connectivity index (χ0) is 24.5. The van der Waals surface area contributed by atoms with Crippen LogP contribution in [0, 0.1) is 5.92 Å². The molecule has 0 saturated carbocycles. The lowest BCUT2D eigenvalue weighted by Gasteiger charge is -2.18. The fraction of sp³-hybridized carbons (Fsp3) is 0.355. The van der Waals surface area contributed by atoms with Gasteiger partial charge in [-0.3, -0.25) is 0 Å². The van der Waals surface area contributed by atoms with Crippen LogP contribution >= 0.6 is 11.8 Å². The first kappa shape index (κ1) is 25.6. The fourth-order valence-corrected chi connectivity index (χ4v) is 5.38. The zero-order valence-corrected chi connectivity index (χ0v) is 21.6. The Morgan fingerprint density at radius 3 is 2.34 bits per heavy atom. The van der Waals surface area contributed by atoms with E-state index in [1.807, 2.05) is 18.2 Å². The summed E-state index contributed by atoms with van der Waals surface area (Å²) in [6.07, 6.45) is 4.01. The molecule has 3 nitrogen and oxygen atoms in total. The van der Waals surface area contributed by atoms with Crippen molar-refractivity contribution >= 4 is 33.3 Å². The number of fused-ring (bicyclic) bond motifs is 2. The van der Waals surface area contributed by atoms with Gasteiger partial charge in [-0.15, -0.1) is 0 Å². The Bertz CT molecular complexity index is 1210.